The van der Waals surface area contributed by atoms with E-state index in [0.717, 1.165) is 36.8 Å². The van der Waals surface area contributed by atoms with E-state index in [4.69, 9.17) is 0 Å². The third kappa shape index (κ3) is 4.89. The Morgan fingerprint density at radius 1 is 1.29 bits per heavy atom. The smallest absolute Gasteiger partial charge is 0.118 e. The summed E-state index contributed by atoms with van der Waals surface area (Å²) in [5.41, 5.74) is 1.85. The predicted octanol–water partition coefficient (Wildman–Crippen LogP) is 1.81. The molecule has 1 rings (SSSR count). The van der Waals surface area contributed by atoms with Crippen LogP contribution < -0.4 is 5.11 Å². The highest BCUT2D eigenvalue weighted by molar-refractivity contribution is 5.64. The Morgan fingerprint density at radius 3 is 2.71 bits per heavy atom. The Hall–Kier alpha value is -1.51. The molecule has 0 fully saturated rings. The van der Waals surface area contributed by atoms with Crippen LogP contribution >= 0.6 is 0 Å². The molecule has 0 aliphatic carbocycles. The van der Waals surface area contributed by atoms with E-state index >= 15 is 0 Å². The van der Waals surface area contributed by atoms with Gasteiger partial charge in [-0.05, 0) is 42.9 Å². The second-order valence-corrected chi connectivity index (χ2v) is 4.29. The molecule has 0 bridgehead atoms. The van der Waals surface area contributed by atoms with Gasteiger partial charge in [0.2, 0.25) is 0 Å². The van der Waals surface area contributed by atoms with E-state index in [1.54, 1.807) is 12.1 Å². The summed E-state index contributed by atoms with van der Waals surface area (Å²) in [6.07, 6.45) is 4.67. The van der Waals surface area contributed by atoms with Gasteiger partial charge in [-0.2, -0.15) is 0 Å². The Balaban J connectivity index is 2.62. The molecule has 0 unspecified atom stereocenters. The molecule has 17 heavy (non-hydrogen) atoms. The summed E-state index contributed by atoms with van der Waals surface area (Å²) in [5, 5.41) is 20.1. The lowest BCUT2D eigenvalue weighted by Gasteiger charge is -2.08. The molecular formula is C14H19O3-. The van der Waals surface area contributed by atoms with Crippen LogP contribution in [0, 0.1) is 0 Å². The Labute approximate surface area is 102 Å². The van der Waals surface area contributed by atoms with Gasteiger partial charge < -0.3 is 15.0 Å². The van der Waals surface area contributed by atoms with Crippen molar-refractivity contribution >= 4 is 5.97 Å². The molecule has 1 aromatic carbocycles. The second kappa shape index (κ2) is 6.94. The maximum Gasteiger partial charge on any atom is 0.118 e. The summed E-state index contributed by atoms with van der Waals surface area (Å²) in [6.45, 7) is 2.14. The first-order valence-electron chi connectivity index (χ1n) is 6.14. The molecule has 0 amide bonds. The summed E-state index contributed by atoms with van der Waals surface area (Å²) in [4.78, 5) is 10.4. The minimum absolute atomic E-state index is 0.0270. The highest BCUT2D eigenvalue weighted by atomic mass is 16.4. The van der Waals surface area contributed by atoms with Gasteiger partial charge in [0.1, 0.15) is 5.75 Å². The van der Waals surface area contributed by atoms with Crippen LogP contribution in [-0.4, -0.2) is 11.1 Å². The maximum absolute atomic E-state index is 10.4. The Bertz CT molecular complexity index is 372. The normalized spacial score (nSPS) is 10.4. The first-order valence-corrected chi connectivity index (χ1v) is 6.14. The number of hydrogen-bond acceptors (Lipinski definition) is 3. The van der Waals surface area contributed by atoms with Crippen LogP contribution in [-0.2, 0) is 17.6 Å². The predicted molar refractivity (Wildman–Crippen MR) is 64.7 cm³/mol. The first-order chi connectivity index (χ1) is 8.13. The van der Waals surface area contributed by atoms with Crippen LogP contribution in [0.4, 0.5) is 0 Å². The minimum atomic E-state index is -1.04. The molecule has 3 heteroatoms. The van der Waals surface area contributed by atoms with Crippen molar-refractivity contribution in [3.8, 4) is 5.75 Å². The van der Waals surface area contributed by atoms with Gasteiger partial charge in [0, 0.05) is 5.97 Å². The van der Waals surface area contributed by atoms with E-state index < -0.39 is 5.97 Å². The molecule has 94 valence electrons. The number of phenolic OH excluding ortho intramolecular Hbond substituents is 1. The van der Waals surface area contributed by atoms with E-state index in [9.17, 15) is 15.0 Å². The van der Waals surface area contributed by atoms with Crippen molar-refractivity contribution in [1.82, 2.24) is 0 Å². The van der Waals surface area contributed by atoms with Gasteiger partial charge in [-0.25, -0.2) is 0 Å². The lowest BCUT2D eigenvalue weighted by atomic mass is 10.0. The fourth-order valence-corrected chi connectivity index (χ4v) is 1.81. The fraction of sp³-hybridized carbons (Fsp3) is 0.500. The summed E-state index contributed by atoms with van der Waals surface area (Å²) >= 11 is 0. The number of aromatic hydroxyl groups is 1. The third-order valence-corrected chi connectivity index (χ3v) is 2.81. The van der Waals surface area contributed by atoms with E-state index in [-0.39, 0.29) is 6.42 Å². The SMILES string of the molecule is CCCCCc1cc(CCC(=O)[O-])ccc1O. The van der Waals surface area contributed by atoms with Gasteiger partial charge in [-0.15, -0.1) is 0 Å². The van der Waals surface area contributed by atoms with Crippen LogP contribution in [0.25, 0.3) is 0 Å². The van der Waals surface area contributed by atoms with Gasteiger partial charge in [0.25, 0.3) is 0 Å². The van der Waals surface area contributed by atoms with Crippen molar-refractivity contribution in [2.24, 2.45) is 0 Å². The largest absolute Gasteiger partial charge is 0.550 e. The van der Waals surface area contributed by atoms with E-state index in [1.807, 2.05) is 6.07 Å². The van der Waals surface area contributed by atoms with Crippen molar-refractivity contribution in [3.05, 3.63) is 29.3 Å². The summed E-state index contributed by atoms with van der Waals surface area (Å²) < 4.78 is 0. The van der Waals surface area contributed by atoms with Crippen LogP contribution in [0.5, 0.6) is 5.75 Å². The van der Waals surface area contributed by atoms with E-state index in [2.05, 4.69) is 6.92 Å². The number of unbranched alkanes of at least 4 members (excludes halogenated alkanes) is 2. The minimum Gasteiger partial charge on any atom is -0.550 e. The first kappa shape index (κ1) is 13.6. The van der Waals surface area contributed by atoms with Crippen molar-refractivity contribution in [1.29, 1.82) is 0 Å². The molecule has 1 aromatic rings. The molecule has 0 aliphatic heterocycles. The standard InChI is InChI=1S/C14H20O3/c1-2-3-4-5-12-10-11(6-8-13(12)15)7-9-14(16)17/h6,8,10,15H,2-5,7,9H2,1H3,(H,16,17)/p-1. The number of benzene rings is 1. The number of hydrogen-bond donors (Lipinski definition) is 1. The lowest BCUT2D eigenvalue weighted by Crippen LogP contribution is -2.22. The van der Waals surface area contributed by atoms with Crippen molar-refractivity contribution in [3.63, 3.8) is 0 Å². The number of phenols is 1. The third-order valence-electron chi connectivity index (χ3n) is 2.81. The molecule has 0 spiro atoms. The molecule has 0 radical (unpaired) electrons. The summed E-state index contributed by atoms with van der Waals surface area (Å²) in [7, 11) is 0. The summed E-state index contributed by atoms with van der Waals surface area (Å²) in [6, 6.07) is 5.31. The van der Waals surface area contributed by atoms with Gasteiger partial charge in [-0.3, -0.25) is 0 Å². The molecular weight excluding hydrogens is 216 g/mol. The van der Waals surface area contributed by atoms with E-state index in [1.165, 1.54) is 0 Å². The van der Waals surface area contributed by atoms with Gasteiger partial charge >= 0.3 is 0 Å². The zero-order valence-corrected chi connectivity index (χ0v) is 10.2. The Morgan fingerprint density at radius 2 is 2.06 bits per heavy atom. The molecule has 0 aliphatic rings. The number of carbonyl (C=O) groups excluding carboxylic acids is 1. The average Bonchev–Trinajstić information content (AvgIpc) is 2.30. The molecule has 0 heterocycles. The molecule has 1 N–H and O–H groups in total. The van der Waals surface area contributed by atoms with Gasteiger partial charge in [0.15, 0.2) is 0 Å². The van der Waals surface area contributed by atoms with Crippen molar-refractivity contribution < 1.29 is 15.0 Å². The zero-order chi connectivity index (χ0) is 12.7. The van der Waals surface area contributed by atoms with Gasteiger partial charge in [0.05, 0.1) is 0 Å². The number of aliphatic carboxylic acids is 1. The molecule has 0 saturated carbocycles. The van der Waals surface area contributed by atoms with Crippen LogP contribution in [0.3, 0.4) is 0 Å². The fourth-order valence-electron chi connectivity index (χ4n) is 1.81. The second-order valence-electron chi connectivity index (χ2n) is 4.29. The van der Waals surface area contributed by atoms with Crippen LogP contribution in [0.2, 0.25) is 0 Å². The van der Waals surface area contributed by atoms with Crippen LogP contribution in [0.15, 0.2) is 18.2 Å². The van der Waals surface area contributed by atoms with Crippen molar-refractivity contribution in [2.45, 2.75) is 45.4 Å². The highest BCUT2D eigenvalue weighted by Gasteiger charge is 2.03. The van der Waals surface area contributed by atoms with E-state index in [0.29, 0.717) is 12.2 Å². The molecule has 0 atom stereocenters. The number of rotatable bonds is 7. The number of carbonyl (C=O) groups is 1. The molecule has 3 nitrogen and oxygen atoms in total. The zero-order valence-electron chi connectivity index (χ0n) is 10.2. The lowest BCUT2D eigenvalue weighted by molar-refractivity contribution is -0.305. The number of carboxylic acids is 1. The quantitative estimate of drug-likeness (QED) is 0.733. The maximum atomic E-state index is 10.4. The highest BCUT2D eigenvalue weighted by Crippen LogP contribution is 2.21. The van der Waals surface area contributed by atoms with Crippen LogP contribution in [0.1, 0.15) is 43.7 Å². The molecule has 0 saturated heterocycles. The van der Waals surface area contributed by atoms with Crippen molar-refractivity contribution in [2.75, 3.05) is 0 Å². The summed E-state index contributed by atoms with van der Waals surface area (Å²) in [5.74, 6) is -0.732. The number of aryl methyl sites for hydroxylation is 2. The number of carboxylic acid groups (broad SMARTS) is 1. The molecule has 0 aromatic heterocycles. The van der Waals surface area contributed by atoms with Gasteiger partial charge in [-0.1, -0.05) is 31.9 Å². The average molecular weight is 235 g/mol. The topological polar surface area (TPSA) is 60.4 Å². The Kier molecular flexibility index (Phi) is 5.53. The monoisotopic (exact) mass is 235 g/mol.